The largest absolute Gasteiger partial charge is 0.457 e. The first kappa shape index (κ1) is 21.9. The number of aryl methyl sites for hydroxylation is 2. The maximum absolute atomic E-state index is 12.8. The van der Waals surface area contributed by atoms with Crippen LogP contribution in [0.1, 0.15) is 23.1 Å². The summed E-state index contributed by atoms with van der Waals surface area (Å²) in [6.45, 7) is 6.31. The molecule has 3 aromatic carbocycles. The van der Waals surface area contributed by atoms with Crippen LogP contribution in [0.5, 0.6) is 11.5 Å². The first-order chi connectivity index (χ1) is 15.3. The molecule has 1 heterocycles. The smallest absolute Gasteiger partial charge is 0.229 e. The number of carbonyl (C=O) groups excluding carboxylic acids is 2. The van der Waals surface area contributed by atoms with Crippen LogP contribution in [0.25, 0.3) is 0 Å². The molecule has 1 atom stereocenters. The van der Waals surface area contributed by atoms with E-state index in [1.807, 2.05) is 63.2 Å². The lowest BCUT2D eigenvalue weighted by molar-refractivity contribution is -0.122. The van der Waals surface area contributed by atoms with Gasteiger partial charge in [0, 0.05) is 29.4 Å². The fourth-order valence-electron chi connectivity index (χ4n) is 3.69. The third-order valence-electron chi connectivity index (χ3n) is 5.87. The van der Waals surface area contributed by atoms with Gasteiger partial charge in [0.1, 0.15) is 11.5 Å². The molecule has 1 saturated heterocycles. The van der Waals surface area contributed by atoms with Crippen molar-refractivity contribution in [1.82, 2.24) is 0 Å². The monoisotopic (exact) mass is 448 g/mol. The number of ether oxygens (including phenoxy) is 1. The maximum Gasteiger partial charge on any atom is 0.229 e. The molecule has 0 aromatic heterocycles. The van der Waals surface area contributed by atoms with Crippen LogP contribution in [0.3, 0.4) is 0 Å². The van der Waals surface area contributed by atoms with E-state index in [9.17, 15) is 9.59 Å². The number of carbonyl (C=O) groups is 2. The van der Waals surface area contributed by atoms with Gasteiger partial charge in [0.05, 0.1) is 5.92 Å². The fraction of sp³-hybridized carbons (Fsp3) is 0.231. The molecule has 164 valence electrons. The SMILES string of the molecule is Cc1ccc(N2C[C@@H](C(=O)Nc3ccc(Oc4cccc(C)c4C)cc3)CC2=O)cc1Cl. The molecule has 4 rings (SSSR count). The lowest BCUT2D eigenvalue weighted by Crippen LogP contribution is -2.28. The summed E-state index contributed by atoms with van der Waals surface area (Å²) in [5, 5.41) is 3.51. The molecule has 1 N–H and O–H groups in total. The third-order valence-corrected chi connectivity index (χ3v) is 6.27. The minimum absolute atomic E-state index is 0.0812. The van der Waals surface area contributed by atoms with Crippen LogP contribution in [0.15, 0.2) is 60.7 Å². The van der Waals surface area contributed by atoms with Gasteiger partial charge in [-0.25, -0.2) is 0 Å². The van der Waals surface area contributed by atoms with E-state index in [-0.39, 0.29) is 18.2 Å². The lowest BCUT2D eigenvalue weighted by atomic mass is 10.1. The van der Waals surface area contributed by atoms with Gasteiger partial charge in [0.2, 0.25) is 11.8 Å². The maximum atomic E-state index is 12.8. The van der Waals surface area contributed by atoms with Gasteiger partial charge in [0.25, 0.3) is 0 Å². The van der Waals surface area contributed by atoms with E-state index < -0.39 is 5.92 Å². The zero-order chi connectivity index (χ0) is 22.8. The number of rotatable bonds is 5. The topological polar surface area (TPSA) is 58.6 Å². The van der Waals surface area contributed by atoms with Crippen molar-refractivity contribution in [1.29, 1.82) is 0 Å². The highest BCUT2D eigenvalue weighted by Gasteiger charge is 2.35. The molecule has 3 aromatic rings. The van der Waals surface area contributed by atoms with E-state index in [0.717, 1.165) is 16.9 Å². The summed E-state index contributed by atoms with van der Waals surface area (Å²) < 4.78 is 5.97. The molecule has 32 heavy (non-hydrogen) atoms. The second kappa shape index (κ2) is 9.05. The highest BCUT2D eigenvalue weighted by Crippen LogP contribution is 2.30. The summed E-state index contributed by atoms with van der Waals surface area (Å²) in [7, 11) is 0. The quantitative estimate of drug-likeness (QED) is 0.517. The molecule has 0 spiro atoms. The molecule has 1 aliphatic heterocycles. The van der Waals surface area contributed by atoms with Crippen LogP contribution in [0.2, 0.25) is 5.02 Å². The van der Waals surface area contributed by atoms with Crippen LogP contribution in [0.4, 0.5) is 11.4 Å². The summed E-state index contributed by atoms with van der Waals surface area (Å²) in [6, 6.07) is 18.7. The standard InChI is InChI=1S/C26H25ClN2O3/c1-16-5-4-6-24(18(16)3)32-22-11-8-20(9-12-22)28-26(31)19-13-25(30)29(15-19)21-10-7-17(2)23(27)14-21/h4-12,14,19H,13,15H2,1-3H3,(H,28,31)/t19-/m0/s1. The molecule has 1 aliphatic rings. The van der Waals surface area contributed by atoms with Gasteiger partial charge in [-0.3, -0.25) is 9.59 Å². The molecule has 2 amide bonds. The highest BCUT2D eigenvalue weighted by molar-refractivity contribution is 6.31. The minimum Gasteiger partial charge on any atom is -0.457 e. The molecule has 0 bridgehead atoms. The molecule has 1 fully saturated rings. The Morgan fingerprint density at radius 2 is 1.78 bits per heavy atom. The number of hydrogen-bond acceptors (Lipinski definition) is 3. The first-order valence-corrected chi connectivity index (χ1v) is 10.9. The molecular weight excluding hydrogens is 424 g/mol. The van der Waals surface area contributed by atoms with Crippen molar-refractivity contribution in [3.8, 4) is 11.5 Å². The van der Waals surface area contributed by atoms with Crippen molar-refractivity contribution in [2.24, 2.45) is 5.92 Å². The second-order valence-corrected chi connectivity index (χ2v) is 8.56. The highest BCUT2D eigenvalue weighted by atomic mass is 35.5. The Labute approximate surface area is 193 Å². The Hall–Kier alpha value is -3.31. The molecular formula is C26H25ClN2O3. The van der Waals surface area contributed by atoms with Crippen LogP contribution >= 0.6 is 11.6 Å². The normalized spacial score (nSPS) is 15.7. The molecule has 6 heteroatoms. The average Bonchev–Trinajstić information content (AvgIpc) is 3.16. The zero-order valence-corrected chi connectivity index (χ0v) is 19.1. The number of amides is 2. The Morgan fingerprint density at radius 1 is 1.03 bits per heavy atom. The Balaban J connectivity index is 1.39. The number of hydrogen-bond donors (Lipinski definition) is 1. The minimum atomic E-state index is -0.423. The van der Waals surface area contributed by atoms with Gasteiger partial charge in [-0.15, -0.1) is 0 Å². The van der Waals surface area contributed by atoms with Crippen molar-refractivity contribution in [3.63, 3.8) is 0 Å². The zero-order valence-electron chi connectivity index (χ0n) is 18.3. The van der Waals surface area contributed by atoms with E-state index >= 15 is 0 Å². The second-order valence-electron chi connectivity index (χ2n) is 8.15. The molecule has 5 nitrogen and oxygen atoms in total. The summed E-state index contributed by atoms with van der Waals surface area (Å²) >= 11 is 6.20. The molecule has 0 radical (unpaired) electrons. The van der Waals surface area contributed by atoms with Crippen molar-refractivity contribution in [2.75, 3.05) is 16.8 Å². The Bertz CT molecular complexity index is 1170. The summed E-state index contributed by atoms with van der Waals surface area (Å²) in [6.07, 6.45) is 0.172. The van der Waals surface area contributed by atoms with Crippen molar-refractivity contribution >= 4 is 34.8 Å². The van der Waals surface area contributed by atoms with Gasteiger partial charge in [-0.05, 0) is 79.9 Å². The van der Waals surface area contributed by atoms with Crippen LogP contribution in [-0.2, 0) is 9.59 Å². The van der Waals surface area contributed by atoms with Crippen LogP contribution < -0.4 is 15.0 Å². The van der Waals surface area contributed by atoms with Crippen molar-refractivity contribution in [3.05, 3.63) is 82.4 Å². The molecule has 0 saturated carbocycles. The van der Waals surface area contributed by atoms with Crippen molar-refractivity contribution < 1.29 is 14.3 Å². The Kier molecular flexibility index (Phi) is 6.19. The van der Waals surface area contributed by atoms with Crippen molar-refractivity contribution in [2.45, 2.75) is 27.2 Å². The number of anilines is 2. The van der Waals surface area contributed by atoms with Gasteiger partial charge >= 0.3 is 0 Å². The number of nitrogens with one attached hydrogen (secondary N) is 1. The summed E-state index contributed by atoms with van der Waals surface area (Å²) in [5.74, 6) is 0.816. The molecule has 0 aliphatic carbocycles. The number of nitrogens with zero attached hydrogens (tertiary/aromatic N) is 1. The Morgan fingerprint density at radius 3 is 2.50 bits per heavy atom. The van der Waals surface area contributed by atoms with E-state index in [0.29, 0.717) is 28.7 Å². The summed E-state index contributed by atoms with van der Waals surface area (Å²) in [5.41, 5.74) is 4.58. The third kappa shape index (κ3) is 4.63. The van der Waals surface area contributed by atoms with E-state index in [1.54, 1.807) is 23.1 Å². The predicted octanol–water partition coefficient (Wildman–Crippen LogP) is 6.05. The first-order valence-electron chi connectivity index (χ1n) is 10.5. The number of halogens is 1. The lowest BCUT2D eigenvalue weighted by Gasteiger charge is -2.17. The average molecular weight is 449 g/mol. The molecule has 0 unspecified atom stereocenters. The van der Waals surface area contributed by atoms with E-state index in [4.69, 9.17) is 16.3 Å². The van der Waals surface area contributed by atoms with Crippen LogP contribution in [-0.4, -0.2) is 18.4 Å². The van der Waals surface area contributed by atoms with Gasteiger partial charge in [-0.2, -0.15) is 0 Å². The van der Waals surface area contributed by atoms with Gasteiger partial charge < -0.3 is 15.0 Å². The van der Waals surface area contributed by atoms with E-state index in [2.05, 4.69) is 5.32 Å². The predicted molar refractivity (Wildman–Crippen MR) is 128 cm³/mol. The van der Waals surface area contributed by atoms with Crippen LogP contribution in [0, 0.1) is 26.7 Å². The van der Waals surface area contributed by atoms with E-state index in [1.165, 1.54) is 5.56 Å². The summed E-state index contributed by atoms with van der Waals surface area (Å²) in [4.78, 5) is 26.9. The number of benzene rings is 3. The fourth-order valence-corrected chi connectivity index (χ4v) is 3.87. The van der Waals surface area contributed by atoms with Gasteiger partial charge in [0.15, 0.2) is 0 Å². The van der Waals surface area contributed by atoms with Gasteiger partial charge in [-0.1, -0.05) is 29.8 Å².